The molecule has 2 fully saturated rings. The van der Waals surface area contributed by atoms with Crippen LogP contribution in [0.4, 0.5) is 0 Å². The molecule has 1 heterocycles. The quantitative estimate of drug-likeness (QED) is 0.470. The first kappa shape index (κ1) is 18.6. The first-order valence-corrected chi connectivity index (χ1v) is 9.49. The van der Waals surface area contributed by atoms with Crippen molar-refractivity contribution in [2.24, 2.45) is 17.8 Å². The molecule has 1 amide bonds. The zero-order valence-corrected chi connectivity index (χ0v) is 15.7. The van der Waals surface area contributed by atoms with E-state index in [0.29, 0.717) is 29.7 Å². The SMILES string of the molecule is CC(=O)c1ccc(OC(=O)[C@@H]2CC(=O)N([C@H]3CCC[C@@H](C)[C@H]3C)C2)cc1. The lowest BCUT2D eigenvalue weighted by atomic mass is 9.77. The highest BCUT2D eigenvalue weighted by atomic mass is 16.5. The number of esters is 1. The number of likely N-dealkylation sites (tertiary alicyclic amines) is 1. The van der Waals surface area contributed by atoms with Gasteiger partial charge in [0.2, 0.25) is 5.91 Å². The molecule has 0 aromatic heterocycles. The van der Waals surface area contributed by atoms with E-state index in [1.54, 1.807) is 24.3 Å². The third kappa shape index (κ3) is 3.81. The molecule has 3 rings (SSSR count). The Hall–Kier alpha value is -2.17. The smallest absolute Gasteiger partial charge is 0.316 e. The number of benzene rings is 1. The summed E-state index contributed by atoms with van der Waals surface area (Å²) in [6, 6.07) is 6.76. The second-order valence-corrected chi connectivity index (χ2v) is 7.78. The van der Waals surface area contributed by atoms with Crippen molar-refractivity contribution in [1.82, 2.24) is 4.90 Å². The Morgan fingerprint density at radius 3 is 2.46 bits per heavy atom. The van der Waals surface area contributed by atoms with Crippen LogP contribution in [-0.4, -0.2) is 35.1 Å². The third-order valence-electron chi connectivity index (χ3n) is 6.04. The lowest BCUT2D eigenvalue weighted by molar-refractivity contribution is -0.139. The van der Waals surface area contributed by atoms with Gasteiger partial charge in [-0.15, -0.1) is 0 Å². The molecular weight excluding hydrogens is 330 g/mol. The first-order chi connectivity index (χ1) is 12.4. The second kappa shape index (κ2) is 7.60. The topological polar surface area (TPSA) is 63.7 Å². The Bertz CT molecular complexity index is 696. The molecule has 26 heavy (non-hydrogen) atoms. The van der Waals surface area contributed by atoms with E-state index in [0.717, 1.165) is 12.8 Å². The van der Waals surface area contributed by atoms with E-state index in [4.69, 9.17) is 4.74 Å². The number of hydrogen-bond donors (Lipinski definition) is 0. The number of nitrogens with zero attached hydrogens (tertiary/aromatic N) is 1. The number of hydrogen-bond acceptors (Lipinski definition) is 4. The maximum Gasteiger partial charge on any atom is 0.316 e. The van der Waals surface area contributed by atoms with Crippen LogP contribution >= 0.6 is 0 Å². The van der Waals surface area contributed by atoms with Crippen molar-refractivity contribution >= 4 is 17.7 Å². The van der Waals surface area contributed by atoms with Gasteiger partial charge in [-0.25, -0.2) is 0 Å². The van der Waals surface area contributed by atoms with E-state index < -0.39 is 5.92 Å². The molecule has 0 spiro atoms. The van der Waals surface area contributed by atoms with Gasteiger partial charge < -0.3 is 9.64 Å². The van der Waals surface area contributed by atoms with Gasteiger partial charge in [0.1, 0.15) is 5.75 Å². The molecule has 1 saturated heterocycles. The van der Waals surface area contributed by atoms with Crippen molar-refractivity contribution in [3.63, 3.8) is 0 Å². The highest BCUT2D eigenvalue weighted by molar-refractivity contribution is 5.94. The van der Waals surface area contributed by atoms with Crippen LogP contribution in [0, 0.1) is 17.8 Å². The molecule has 0 radical (unpaired) electrons. The minimum atomic E-state index is -0.417. The second-order valence-electron chi connectivity index (χ2n) is 7.78. The predicted octanol–water partition coefficient (Wildman–Crippen LogP) is 3.47. The van der Waals surface area contributed by atoms with Gasteiger partial charge in [0.25, 0.3) is 0 Å². The lowest BCUT2D eigenvalue weighted by Crippen LogP contribution is -2.45. The molecule has 0 bridgehead atoms. The Kier molecular flexibility index (Phi) is 5.44. The highest BCUT2D eigenvalue weighted by Gasteiger charge is 2.42. The van der Waals surface area contributed by atoms with Crippen LogP contribution in [0.2, 0.25) is 0 Å². The molecule has 1 aliphatic carbocycles. The van der Waals surface area contributed by atoms with Gasteiger partial charge in [0.05, 0.1) is 5.92 Å². The largest absolute Gasteiger partial charge is 0.426 e. The average molecular weight is 357 g/mol. The first-order valence-electron chi connectivity index (χ1n) is 9.49. The van der Waals surface area contributed by atoms with Crippen LogP contribution in [-0.2, 0) is 9.59 Å². The summed E-state index contributed by atoms with van der Waals surface area (Å²) < 4.78 is 5.44. The Morgan fingerprint density at radius 2 is 1.81 bits per heavy atom. The molecule has 1 aliphatic heterocycles. The van der Waals surface area contributed by atoms with E-state index in [1.807, 2.05) is 4.90 Å². The fourth-order valence-corrected chi connectivity index (χ4v) is 4.16. The number of carbonyl (C=O) groups excluding carboxylic acids is 3. The molecule has 4 atom stereocenters. The molecule has 2 aliphatic rings. The van der Waals surface area contributed by atoms with E-state index in [2.05, 4.69) is 13.8 Å². The van der Waals surface area contributed by atoms with E-state index in [-0.39, 0.29) is 30.1 Å². The summed E-state index contributed by atoms with van der Waals surface area (Å²) in [5.41, 5.74) is 0.576. The Balaban J connectivity index is 1.62. The molecule has 1 aromatic carbocycles. The number of rotatable bonds is 4. The average Bonchev–Trinajstić information content (AvgIpc) is 2.99. The number of carbonyl (C=O) groups is 3. The molecule has 1 aromatic rings. The zero-order chi connectivity index (χ0) is 18.8. The predicted molar refractivity (Wildman–Crippen MR) is 97.9 cm³/mol. The zero-order valence-electron chi connectivity index (χ0n) is 15.7. The normalized spacial score (nSPS) is 28.9. The standard InChI is InChI=1S/C21H27NO4/c1-13-5-4-6-19(14(13)2)22-12-17(11-20(22)24)21(25)26-18-9-7-16(8-10-18)15(3)23/h7-10,13-14,17,19H,4-6,11-12H2,1-3H3/t13-,14-,17-,19+/m1/s1. The molecular formula is C21H27NO4. The monoisotopic (exact) mass is 357 g/mol. The summed E-state index contributed by atoms with van der Waals surface area (Å²) >= 11 is 0. The minimum absolute atomic E-state index is 0.0317. The van der Waals surface area contributed by atoms with Crippen LogP contribution in [0.1, 0.15) is 56.8 Å². The maximum absolute atomic E-state index is 12.5. The fraction of sp³-hybridized carbons (Fsp3) is 0.571. The summed E-state index contributed by atoms with van der Waals surface area (Å²) in [6.45, 7) is 6.40. The van der Waals surface area contributed by atoms with E-state index >= 15 is 0 Å². The van der Waals surface area contributed by atoms with Gasteiger partial charge in [0.15, 0.2) is 5.78 Å². The lowest BCUT2D eigenvalue weighted by Gasteiger charge is -2.39. The Labute approximate surface area is 154 Å². The van der Waals surface area contributed by atoms with Gasteiger partial charge in [-0.2, -0.15) is 0 Å². The molecule has 1 saturated carbocycles. The summed E-state index contributed by atoms with van der Waals surface area (Å²) in [5.74, 6) is 0.715. The maximum atomic E-state index is 12.5. The third-order valence-corrected chi connectivity index (χ3v) is 6.04. The summed E-state index contributed by atoms with van der Waals surface area (Å²) in [6.07, 6.45) is 3.59. The van der Waals surface area contributed by atoms with Crippen molar-refractivity contribution in [1.29, 1.82) is 0 Å². The van der Waals surface area contributed by atoms with Crippen LogP contribution in [0.25, 0.3) is 0 Å². The van der Waals surface area contributed by atoms with Crippen molar-refractivity contribution in [3.05, 3.63) is 29.8 Å². The van der Waals surface area contributed by atoms with Crippen molar-refractivity contribution in [2.45, 2.75) is 52.5 Å². The van der Waals surface area contributed by atoms with Crippen molar-refractivity contribution in [2.75, 3.05) is 6.54 Å². The van der Waals surface area contributed by atoms with Gasteiger partial charge in [0, 0.05) is 24.6 Å². The number of amides is 1. The van der Waals surface area contributed by atoms with Crippen LogP contribution < -0.4 is 4.74 Å². The minimum Gasteiger partial charge on any atom is -0.426 e. The molecule has 140 valence electrons. The van der Waals surface area contributed by atoms with Crippen LogP contribution in [0.3, 0.4) is 0 Å². The molecule has 5 heteroatoms. The number of ether oxygens (including phenoxy) is 1. The molecule has 0 unspecified atom stereocenters. The fourth-order valence-electron chi connectivity index (χ4n) is 4.16. The van der Waals surface area contributed by atoms with Crippen LogP contribution in [0.5, 0.6) is 5.75 Å². The highest BCUT2D eigenvalue weighted by Crippen LogP contribution is 2.36. The number of Topliss-reactive ketones (excluding diaryl/α,β-unsaturated/α-hetero) is 1. The van der Waals surface area contributed by atoms with E-state index in [9.17, 15) is 14.4 Å². The van der Waals surface area contributed by atoms with E-state index in [1.165, 1.54) is 13.3 Å². The Morgan fingerprint density at radius 1 is 1.12 bits per heavy atom. The van der Waals surface area contributed by atoms with Gasteiger partial charge >= 0.3 is 5.97 Å². The summed E-state index contributed by atoms with van der Waals surface area (Å²) in [4.78, 5) is 38.2. The van der Waals surface area contributed by atoms with Gasteiger partial charge in [-0.3, -0.25) is 14.4 Å². The summed E-state index contributed by atoms with van der Waals surface area (Å²) in [7, 11) is 0. The number of ketones is 1. The molecule has 5 nitrogen and oxygen atoms in total. The van der Waals surface area contributed by atoms with Gasteiger partial charge in [-0.05, 0) is 49.4 Å². The summed E-state index contributed by atoms with van der Waals surface area (Å²) in [5, 5.41) is 0. The van der Waals surface area contributed by atoms with Crippen LogP contribution in [0.15, 0.2) is 24.3 Å². The van der Waals surface area contributed by atoms with Crippen molar-refractivity contribution in [3.8, 4) is 5.75 Å². The van der Waals surface area contributed by atoms with Gasteiger partial charge in [-0.1, -0.05) is 26.7 Å². The molecule has 0 N–H and O–H groups in total. The van der Waals surface area contributed by atoms with Crippen molar-refractivity contribution < 1.29 is 19.1 Å².